The molecule has 1 aromatic rings. The van der Waals surface area contributed by atoms with Gasteiger partial charge in [0.1, 0.15) is 17.7 Å². The van der Waals surface area contributed by atoms with Crippen molar-refractivity contribution in [2.45, 2.75) is 112 Å². The average molecular weight is 548 g/mol. The van der Waals surface area contributed by atoms with Crippen molar-refractivity contribution in [3.63, 3.8) is 0 Å². The Morgan fingerprint density at radius 2 is 1.56 bits per heavy atom. The summed E-state index contributed by atoms with van der Waals surface area (Å²) in [4.78, 5) is 54.3. The van der Waals surface area contributed by atoms with Crippen molar-refractivity contribution in [1.82, 2.24) is 15.5 Å². The lowest BCUT2D eigenvalue weighted by molar-refractivity contribution is -0.150. The van der Waals surface area contributed by atoms with Crippen LogP contribution in [0.15, 0.2) is 24.3 Å². The number of nitrogens with zero attached hydrogens (tertiary/aromatic N) is 1. The van der Waals surface area contributed by atoms with Crippen molar-refractivity contribution in [3.8, 4) is 0 Å². The monoisotopic (exact) mass is 547 g/mol. The van der Waals surface area contributed by atoms with Crippen LogP contribution in [0.4, 0.5) is 4.79 Å². The summed E-state index contributed by atoms with van der Waals surface area (Å²) >= 11 is 0. The van der Waals surface area contributed by atoms with Gasteiger partial charge in [0, 0.05) is 12.1 Å². The number of hydrogen-bond donors (Lipinski definition) is 2. The van der Waals surface area contributed by atoms with Crippen LogP contribution in [0.25, 0.3) is 0 Å². The maximum absolute atomic E-state index is 14.3. The highest BCUT2D eigenvalue weighted by molar-refractivity contribution is 5.92. The van der Waals surface area contributed by atoms with Crippen LogP contribution in [0.5, 0.6) is 0 Å². The van der Waals surface area contributed by atoms with Crippen LogP contribution in [0.1, 0.15) is 98.7 Å². The van der Waals surface area contributed by atoms with Gasteiger partial charge in [-0.2, -0.15) is 0 Å². The summed E-state index contributed by atoms with van der Waals surface area (Å²) in [5, 5.41) is 5.59. The molecule has 0 saturated heterocycles. The first-order valence-corrected chi connectivity index (χ1v) is 13.8. The molecule has 1 rings (SSSR count). The van der Waals surface area contributed by atoms with Crippen molar-refractivity contribution in [2.75, 3.05) is 13.2 Å². The van der Waals surface area contributed by atoms with E-state index in [9.17, 15) is 19.2 Å². The number of aryl methyl sites for hydroxylation is 1. The van der Waals surface area contributed by atoms with E-state index in [1.165, 1.54) is 0 Å². The molecular weight excluding hydrogens is 498 g/mol. The van der Waals surface area contributed by atoms with Crippen LogP contribution < -0.4 is 10.6 Å². The van der Waals surface area contributed by atoms with Gasteiger partial charge < -0.3 is 25.0 Å². The number of benzene rings is 1. The van der Waals surface area contributed by atoms with Crippen LogP contribution in [0.3, 0.4) is 0 Å². The number of hydrogen-bond acceptors (Lipinski definition) is 6. The molecule has 2 N–H and O–H groups in total. The molecule has 9 heteroatoms. The molecule has 0 bridgehead atoms. The minimum absolute atomic E-state index is 0.0154. The number of carbonyl (C=O) groups is 4. The second-order valence-electron chi connectivity index (χ2n) is 11.9. The predicted molar refractivity (Wildman–Crippen MR) is 152 cm³/mol. The van der Waals surface area contributed by atoms with Crippen LogP contribution in [0.2, 0.25) is 0 Å². The second-order valence-corrected chi connectivity index (χ2v) is 11.9. The highest BCUT2D eigenvalue weighted by Crippen LogP contribution is 2.33. The zero-order valence-electron chi connectivity index (χ0n) is 25.5. The smallest absolute Gasteiger partial charge is 0.408 e. The lowest BCUT2D eigenvalue weighted by Crippen LogP contribution is -2.59. The van der Waals surface area contributed by atoms with Crippen molar-refractivity contribution >= 4 is 23.9 Å². The number of carbonyl (C=O) groups excluding carboxylic acids is 4. The minimum atomic E-state index is -0.995. The van der Waals surface area contributed by atoms with Crippen LogP contribution in [-0.4, -0.2) is 59.1 Å². The third-order valence-electron chi connectivity index (χ3n) is 6.28. The van der Waals surface area contributed by atoms with E-state index >= 15 is 0 Å². The Balaban J connectivity index is 3.54. The van der Waals surface area contributed by atoms with E-state index < -0.39 is 41.2 Å². The molecule has 39 heavy (non-hydrogen) atoms. The highest BCUT2D eigenvalue weighted by Gasteiger charge is 2.43. The molecule has 1 aromatic carbocycles. The Morgan fingerprint density at radius 3 is 2.05 bits per heavy atom. The number of alkyl carbamates (subject to hydrolysis) is 1. The lowest BCUT2D eigenvalue weighted by atomic mass is 9.90. The summed E-state index contributed by atoms with van der Waals surface area (Å²) < 4.78 is 10.4. The summed E-state index contributed by atoms with van der Waals surface area (Å²) in [5.41, 5.74) is 0.152. The van der Waals surface area contributed by atoms with E-state index in [-0.39, 0.29) is 31.4 Å². The molecule has 0 aliphatic heterocycles. The maximum atomic E-state index is 14.3. The van der Waals surface area contributed by atoms with E-state index in [0.717, 1.165) is 5.56 Å². The largest absolute Gasteiger partial charge is 0.466 e. The van der Waals surface area contributed by atoms with Gasteiger partial charge in [-0.25, -0.2) is 4.79 Å². The molecule has 0 saturated carbocycles. The Hall–Kier alpha value is -3.10. The maximum Gasteiger partial charge on any atom is 0.408 e. The zero-order valence-corrected chi connectivity index (χ0v) is 25.5. The zero-order chi connectivity index (χ0) is 30.0. The standard InChI is InChI=1S/C30H49N3O6/c1-11-30(9,10)33(27(36)23(19-20(3)4)32-28(37)39-29(6,7)8)25(22-15-13-21(5)14-16-22)26(35)31-18-17-24(34)38-12-2/h13-16,20,23,25H,11-12,17-19H2,1-10H3,(H,31,35)(H,32,37). The molecule has 0 aromatic heterocycles. The molecule has 9 nitrogen and oxygen atoms in total. The van der Waals surface area contributed by atoms with Crippen molar-refractivity contribution in [3.05, 3.63) is 35.4 Å². The van der Waals surface area contributed by atoms with Crippen LogP contribution in [-0.2, 0) is 23.9 Å². The molecule has 220 valence electrons. The van der Waals surface area contributed by atoms with Gasteiger partial charge in [0.15, 0.2) is 0 Å². The van der Waals surface area contributed by atoms with E-state index in [1.54, 1.807) is 32.6 Å². The second kappa shape index (κ2) is 14.9. The summed E-state index contributed by atoms with van der Waals surface area (Å²) in [5.74, 6) is -1.13. The number of rotatable bonds is 13. The number of nitrogens with one attached hydrogen (secondary N) is 2. The molecule has 0 radical (unpaired) electrons. The topological polar surface area (TPSA) is 114 Å². The van der Waals surface area contributed by atoms with Gasteiger partial charge in [-0.15, -0.1) is 0 Å². The van der Waals surface area contributed by atoms with Gasteiger partial charge in [-0.05, 0) is 72.8 Å². The SMILES string of the molecule is CCOC(=O)CCNC(=O)C(c1ccc(C)cc1)N(C(=O)C(CC(C)C)NC(=O)OC(C)(C)C)C(C)(C)CC. The van der Waals surface area contributed by atoms with Crippen LogP contribution >= 0.6 is 0 Å². The molecule has 0 heterocycles. The molecule has 2 atom stereocenters. The predicted octanol–water partition coefficient (Wildman–Crippen LogP) is 5.06. The first kappa shape index (κ1) is 33.9. The number of ether oxygens (including phenoxy) is 2. The normalized spacial score (nSPS) is 13.3. The fourth-order valence-electron chi connectivity index (χ4n) is 4.04. The van der Waals surface area contributed by atoms with Gasteiger partial charge in [0.25, 0.3) is 0 Å². The molecule has 2 unspecified atom stereocenters. The quantitative estimate of drug-likeness (QED) is 0.334. The summed E-state index contributed by atoms with van der Waals surface area (Å²) in [7, 11) is 0. The van der Waals surface area contributed by atoms with E-state index in [0.29, 0.717) is 18.4 Å². The molecule has 3 amide bonds. The van der Waals surface area contributed by atoms with E-state index in [1.807, 2.05) is 65.8 Å². The lowest BCUT2D eigenvalue weighted by Gasteiger charge is -2.44. The van der Waals surface area contributed by atoms with Crippen LogP contribution in [0, 0.1) is 12.8 Å². The molecule has 0 aliphatic rings. The number of amides is 3. The molecule has 0 aliphatic carbocycles. The third kappa shape index (κ3) is 11.3. The fourth-order valence-corrected chi connectivity index (χ4v) is 4.04. The Kier molecular flexibility index (Phi) is 13.0. The Morgan fingerprint density at radius 1 is 0.974 bits per heavy atom. The number of esters is 1. The van der Waals surface area contributed by atoms with Gasteiger partial charge in [-0.3, -0.25) is 14.4 Å². The summed E-state index contributed by atoms with van der Waals surface area (Å²) in [6.45, 7) is 18.9. The van der Waals surface area contributed by atoms with Gasteiger partial charge >= 0.3 is 12.1 Å². The Labute approximate surface area is 234 Å². The van der Waals surface area contributed by atoms with Crippen molar-refractivity contribution < 1.29 is 28.7 Å². The first-order chi connectivity index (χ1) is 18.0. The Bertz CT molecular complexity index is 966. The summed E-state index contributed by atoms with van der Waals surface area (Å²) in [6.07, 6.45) is 0.237. The first-order valence-electron chi connectivity index (χ1n) is 13.8. The third-order valence-corrected chi connectivity index (χ3v) is 6.28. The highest BCUT2D eigenvalue weighted by atomic mass is 16.6. The van der Waals surface area contributed by atoms with Crippen molar-refractivity contribution in [1.29, 1.82) is 0 Å². The molecule has 0 spiro atoms. The molecular formula is C30H49N3O6. The minimum Gasteiger partial charge on any atom is -0.466 e. The average Bonchev–Trinajstić information content (AvgIpc) is 2.80. The van der Waals surface area contributed by atoms with Crippen molar-refractivity contribution in [2.24, 2.45) is 5.92 Å². The fraction of sp³-hybridized carbons (Fsp3) is 0.667. The molecule has 0 fully saturated rings. The van der Waals surface area contributed by atoms with Gasteiger partial charge in [0.2, 0.25) is 11.8 Å². The van der Waals surface area contributed by atoms with E-state index in [2.05, 4.69) is 10.6 Å². The van der Waals surface area contributed by atoms with Gasteiger partial charge in [-0.1, -0.05) is 50.6 Å². The van der Waals surface area contributed by atoms with Gasteiger partial charge in [0.05, 0.1) is 13.0 Å². The summed E-state index contributed by atoms with van der Waals surface area (Å²) in [6, 6.07) is 5.53. The van der Waals surface area contributed by atoms with E-state index in [4.69, 9.17) is 9.47 Å².